The largest absolute Gasteiger partial charge is 0.467 e. The van der Waals surface area contributed by atoms with Crippen molar-refractivity contribution in [1.29, 1.82) is 0 Å². The van der Waals surface area contributed by atoms with Gasteiger partial charge in [-0.3, -0.25) is 0 Å². The zero-order valence-electron chi connectivity index (χ0n) is 7.63. The molecule has 0 unspecified atom stereocenters. The smallest absolute Gasteiger partial charge is 0.330 e. The molecule has 0 bridgehead atoms. The summed E-state index contributed by atoms with van der Waals surface area (Å²) in [5, 5.41) is 3.57. The van der Waals surface area contributed by atoms with E-state index in [1.165, 1.54) is 11.8 Å². The fraction of sp³-hybridized carbons (Fsp3) is 0.714. The second-order valence-electron chi connectivity index (χ2n) is 3.45. The Morgan fingerprint density at radius 2 is 2.00 bits per heavy atom. The van der Waals surface area contributed by atoms with Crippen LogP contribution in [-0.2, 0) is 5.54 Å². The number of methoxy groups -OCH3 is 1. The predicted octanol–water partition coefficient (Wildman–Crippen LogP) is 1.18. The maximum atomic E-state index is 12.6. The molecule has 1 rings (SSSR count). The Morgan fingerprint density at radius 3 is 2.33 bits per heavy atom. The molecule has 1 aromatic heterocycles. The highest BCUT2D eigenvalue weighted by Gasteiger charge is 2.21. The fourth-order valence-corrected chi connectivity index (χ4v) is 0.843. The summed E-state index contributed by atoms with van der Waals surface area (Å²) in [6.07, 6.45) is -0.762. The minimum Gasteiger partial charge on any atom is -0.467 e. The summed E-state index contributed by atoms with van der Waals surface area (Å²) in [6.45, 7) is 5.68. The van der Waals surface area contributed by atoms with Gasteiger partial charge in [-0.25, -0.2) is 4.68 Å². The monoisotopic (exact) mass is 173 g/mol. The number of rotatable bonds is 1. The first kappa shape index (κ1) is 8.96. The van der Waals surface area contributed by atoms with Crippen LogP contribution in [0.25, 0.3) is 0 Å². The molecule has 0 amide bonds. The van der Waals surface area contributed by atoms with Crippen LogP contribution in [0.2, 0.25) is 0 Å². The first-order chi connectivity index (χ1) is 5.45. The van der Waals surface area contributed by atoms with Crippen molar-refractivity contribution in [2.24, 2.45) is 0 Å². The van der Waals surface area contributed by atoms with Crippen LogP contribution in [0.5, 0.6) is 6.01 Å². The maximum Gasteiger partial charge on any atom is 0.330 e. The van der Waals surface area contributed by atoms with Crippen molar-refractivity contribution in [2.45, 2.75) is 26.3 Å². The molecular weight excluding hydrogens is 161 g/mol. The van der Waals surface area contributed by atoms with E-state index in [4.69, 9.17) is 4.74 Å². The SMILES string of the molecule is COc1nc(F)nn1C(C)(C)C. The molecule has 0 saturated carbocycles. The lowest BCUT2D eigenvalue weighted by Crippen LogP contribution is -2.24. The molecule has 0 N–H and O–H groups in total. The van der Waals surface area contributed by atoms with Crippen molar-refractivity contribution < 1.29 is 9.13 Å². The van der Waals surface area contributed by atoms with E-state index < -0.39 is 6.08 Å². The third kappa shape index (κ3) is 1.54. The van der Waals surface area contributed by atoms with Gasteiger partial charge in [0.1, 0.15) is 0 Å². The third-order valence-electron chi connectivity index (χ3n) is 1.37. The lowest BCUT2D eigenvalue weighted by atomic mass is 10.1. The van der Waals surface area contributed by atoms with Crippen molar-refractivity contribution in [1.82, 2.24) is 14.8 Å². The molecule has 1 aromatic rings. The molecule has 0 atom stereocenters. The number of hydrogen-bond acceptors (Lipinski definition) is 3. The number of ether oxygens (including phenoxy) is 1. The van der Waals surface area contributed by atoms with E-state index in [0.29, 0.717) is 0 Å². The standard InChI is InChI=1S/C7H12FN3O/c1-7(2,3)11-6(12-4)9-5(8)10-11/h1-4H3. The number of hydrogen-bond donors (Lipinski definition) is 0. The van der Waals surface area contributed by atoms with E-state index >= 15 is 0 Å². The molecule has 0 radical (unpaired) electrons. The summed E-state index contributed by atoms with van der Waals surface area (Å²) < 4.78 is 18.8. The Labute approximate surface area is 70.4 Å². The van der Waals surface area contributed by atoms with E-state index in [-0.39, 0.29) is 11.5 Å². The van der Waals surface area contributed by atoms with Gasteiger partial charge in [0.25, 0.3) is 0 Å². The maximum absolute atomic E-state index is 12.6. The highest BCUT2D eigenvalue weighted by Crippen LogP contribution is 2.19. The van der Waals surface area contributed by atoms with Crippen LogP contribution in [0.1, 0.15) is 20.8 Å². The molecule has 12 heavy (non-hydrogen) atoms. The first-order valence-corrected chi connectivity index (χ1v) is 3.62. The lowest BCUT2D eigenvalue weighted by molar-refractivity contribution is 0.273. The molecular formula is C7H12FN3O. The minimum atomic E-state index is -0.762. The van der Waals surface area contributed by atoms with E-state index in [1.54, 1.807) is 0 Å². The predicted molar refractivity (Wildman–Crippen MR) is 41.5 cm³/mol. The van der Waals surface area contributed by atoms with Gasteiger partial charge in [0.05, 0.1) is 12.6 Å². The van der Waals surface area contributed by atoms with Crippen molar-refractivity contribution in [3.05, 3.63) is 6.08 Å². The van der Waals surface area contributed by atoms with E-state index in [1.807, 2.05) is 20.8 Å². The van der Waals surface area contributed by atoms with Gasteiger partial charge in [-0.15, -0.1) is 10.1 Å². The lowest BCUT2D eigenvalue weighted by Gasteiger charge is -2.19. The Bertz CT molecular complexity index is 277. The van der Waals surface area contributed by atoms with E-state index in [2.05, 4.69) is 10.1 Å². The van der Waals surface area contributed by atoms with Crippen LogP contribution in [0.3, 0.4) is 0 Å². The van der Waals surface area contributed by atoms with Crippen molar-refractivity contribution in [2.75, 3.05) is 7.11 Å². The average molecular weight is 173 g/mol. The minimum absolute atomic E-state index is 0.194. The summed E-state index contributed by atoms with van der Waals surface area (Å²) in [7, 11) is 1.44. The zero-order chi connectivity index (χ0) is 9.35. The van der Waals surface area contributed by atoms with E-state index in [0.717, 1.165) is 0 Å². The van der Waals surface area contributed by atoms with Gasteiger partial charge in [0.15, 0.2) is 0 Å². The second-order valence-corrected chi connectivity index (χ2v) is 3.45. The molecule has 0 aliphatic heterocycles. The highest BCUT2D eigenvalue weighted by molar-refractivity contribution is 4.96. The molecule has 0 aromatic carbocycles. The van der Waals surface area contributed by atoms with Crippen LogP contribution in [0.15, 0.2) is 0 Å². The van der Waals surface area contributed by atoms with Crippen LogP contribution in [-0.4, -0.2) is 21.9 Å². The first-order valence-electron chi connectivity index (χ1n) is 3.62. The van der Waals surface area contributed by atoms with E-state index in [9.17, 15) is 4.39 Å². The van der Waals surface area contributed by atoms with Crippen molar-refractivity contribution >= 4 is 0 Å². The van der Waals surface area contributed by atoms with Crippen LogP contribution in [0.4, 0.5) is 4.39 Å². The Hall–Kier alpha value is -1.13. The van der Waals surface area contributed by atoms with Gasteiger partial charge in [-0.05, 0) is 20.8 Å². The van der Waals surface area contributed by atoms with Crippen LogP contribution >= 0.6 is 0 Å². The molecule has 0 saturated heterocycles. The van der Waals surface area contributed by atoms with Crippen LogP contribution < -0.4 is 4.74 Å². The second kappa shape index (κ2) is 2.73. The number of nitrogens with zero attached hydrogens (tertiary/aromatic N) is 3. The van der Waals surface area contributed by atoms with Gasteiger partial charge in [0.2, 0.25) is 0 Å². The Balaban J connectivity index is 3.13. The number of halogens is 1. The Kier molecular flexibility index (Phi) is 2.04. The molecule has 0 fully saturated rings. The molecule has 68 valence electrons. The summed E-state index contributed by atoms with van der Waals surface area (Å²) in [5.74, 6) is 0. The summed E-state index contributed by atoms with van der Waals surface area (Å²) in [4.78, 5) is 3.46. The Morgan fingerprint density at radius 1 is 1.42 bits per heavy atom. The quantitative estimate of drug-likeness (QED) is 0.640. The van der Waals surface area contributed by atoms with Crippen molar-refractivity contribution in [3.63, 3.8) is 0 Å². The van der Waals surface area contributed by atoms with Crippen LogP contribution in [0, 0.1) is 6.08 Å². The zero-order valence-corrected chi connectivity index (χ0v) is 7.63. The van der Waals surface area contributed by atoms with Gasteiger partial charge >= 0.3 is 12.1 Å². The molecule has 0 aliphatic rings. The van der Waals surface area contributed by atoms with Gasteiger partial charge < -0.3 is 4.74 Å². The average Bonchev–Trinajstić information content (AvgIpc) is 2.29. The van der Waals surface area contributed by atoms with Gasteiger partial charge in [-0.1, -0.05) is 0 Å². The normalized spacial score (nSPS) is 11.8. The fourth-order valence-electron chi connectivity index (χ4n) is 0.843. The summed E-state index contributed by atoms with van der Waals surface area (Å²) in [5.41, 5.74) is -0.317. The molecule has 0 aliphatic carbocycles. The van der Waals surface area contributed by atoms with Gasteiger partial charge in [-0.2, -0.15) is 4.39 Å². The van der Waals surface area contributed by atoms with Gasteiger partial charge in [0, 0.05) is 0 Å². The summed E-state index contributed by atoms with van der Waals surface area (Å²) >= 11 is 0. The molecule has 0 spiro atoms. The topological polar surface area (TPSA) is 39.9 Å². The van der Waals surface area contributed by atoms with Crippen molar-refractivity contribution in [3.8, 4) is 6.01 Å². The highest BCUT2D eigenvalue weighted by atomic mass is 19.1. The molecule has 1 heterocycles. The molecule has 4 nitrogen and oxygen atoms in total. The number of aromatic nitrogens is 3. The third-order valence-corrected chi connectivity index (χ3v) is 1.37. The molecule has 5 heteroatoms. The summed E-state index contributed by atoms with van der Waals surface area (Å²) in [6, 6.07) is 0.194.